The first-order valence-corrected chi connectivity index (χ1v) is 6.17. The normalized spacial score (nSPS) is 16.3. The lowest BCUT2D eigenvalue weighted by Crippen LogP contribution is -2.21. The molecule has 2 rings (SSSR count). The van der Waals surface area contributed by atoms with E-state index >= 15 is 0 Å². The van der Waals surface area contributed by atoms with Crippen LogP contribution in [-0.2, 0) is 4.74 Å². The molecule has 0 saturated carbocycles. The zero-order valence-electron chi connectivity index (χ0n) is 10.6. The molecule has 0 amide bonds. The minimum Gasteiger partial charge on any atom is -0.497 e. The van der Waals surface area contributed by atoms with Crippen molar-refractivity contribution in [2.24, 2.45) is 5.92 Å². The van der Waals surface area contributed by atoms with Crippen LogP contribution in [0.5, 0.6) is 11.5 Å². The lowest BCUT2D eigenvalue weighted by molar-refractivity contribution is 0.0496. The van der Waals surface area contributed by atoms with E-state index in [1.54, 1.807) is 25.3 Å². The maximum Gasteiger partial charge on any atom is 0.153 e. The second-order valence-corrected chi connectivity index (χ2v) is 4.39. The van der Waals surface area contributed by atoms with Crippen LogP contribution in [0.25, 0.3) is 0 Å². The number of carbonyl (C=O) groups excluding carboxylic acids is 1. The van der Waals surface area contributed by atoms with E-state index in [0.29, 0.717) is 29.6 Å². The lowest BCUT2D eigenvalue weighted by atomic mass is 10.0. The fraction of sp³-hybridized carbons (Fsp3) is 0.500. The van der Waals surface area contributed by atoms with Gasteiger partial charge in [0.05, 0.1) is 19.3 Å². The summed E-state index contributed by atoms with van der Waals surface area (Å²) in [4.78, 5) is 10.9. The van der Waals surface area contributed by atoms with Crippen molar-refractivity contribution in [2.45, 2.75) is 12.8 Å². The number of benzene rings is 1. The number of hydrogen-bond donors (Lipinski definition) is 0. The Balaban J connectivity index is 2.00. The highest BCUT2D eigenvalue weighted by Crippen LogP contribution is 2.25. The Bertz CT molecular complexity index is 397. The Morgan fingerprint density at radius 2 is 2.17 bits per heavy atom. The van der Waals surface area contributed by atoms with Gasteiger partial charge in [-0.25, -0.2) is 0 Å². The van der Waals surface area contributed by atoms with E-state index in [4.69, 9.17) is 14.2 Å². The summed E-state index contributed by atoms with van der Waals surface area (Å²) in [6, 6.07) is 5.22. The summed E-state index contributed by atoms with van der Waals surface area (Å²) >= 11 is 0. The van der Waals surface area contributed by atoms with Gasteiger partial charge in [0.15, 0.2) is 6.29 Å². The van der Waals surface area contributed by atoms with E-state index in [2.05, 4.69) is 0 Å². The SMILES string of the molecule is COc1ccc(C=O)c(OCC2CCOCC2)c1. The molecule has 0 aromatic heterocycles. The van der Waals surface area contributed by atoms with E-state index in [0.717, 1.165) is 32.3 Å². The van der Waals surface area contributed by atoms with E-state index in [-0.39, 0.29) is 0 Å². The first-order chi connectivity index (χ1) is 8.83. The first-order valence-electron chi connectivity index (χ1n) is 6.17. The van der Waals surface area contributed by atoms with Crippen molar-refractivity contribution >= 4 is 6.29 Å². The molecule has 0 spiro atoms. The molecule has 1 aromatic rings. The van der Waals surface area contributed by atoms with Gasteiger partial charge in [-0.3, -0.25) is 4.79 Å². The second-order valence-electron chi connectivity index (χ2n) is 4.39. The van der Waals surface area contributed by atoms with E-state index in [9.17, 15) is 4.79 Å². The molecule has 4 heteroatoms. The average Bonchev–Trinajstić information content (AvgIpc) is 2.45. The molecule has 1 saturated heterocycles. The molecule has 1 aromatic carbocycles. The predicted molar refractivity (Wildman–Crippen MR) is 67.4 cm³/mol. The Morgan fingerprint density at radius 3 is 2.83 bits per heavy atom. The van der Waals surface area contributed by atoms with Crippen LogP contribution in [-0.4, -0.2) is 33.2 Å². The van der Waals surface area contributed by atoms with Gasteiger partial charge in [0.25, 0.3) is 0 Å². The molecular formula is C14H18O4. The van der Waals surface area contributed by atoms with Crippen LogP contribution in [0, 0.1) is 5.92 Å². The summed E-state index contributed by atoms with van der Waals surface area (Å²) < 4.78 is 16.2. The van der Waals surface area contributed by atoms with Crippen LogP contribution in [0.1, 0.15) is 23.2 Å². The first kappa shape index (κ1) is 12.9. The molecule has 18 heavy (non-hydrogen) atoms. The molecule has 0 N–H and O–H groups in total. The smallest absolute Gasteiger partial charge is 0.153 e. The van der Waals surface area contributed by atoms with Crippen LogP contribution >= 0.6 is 0 Å². The van der Waals surface area contributed by atoms with Crippen LogP contribution in [0.15, 0.2) is 18.2 Å². The quantitative estimate of drug-likeness (QED) is 0.752. The van der Waals surface area contributed by atoms with Crippen LogP contribution in [0.3, 0.4) is 0 Å². The highest BCUT2D eigenvalue weighted by molar-refractivity contribution is 5.79. The summed E-state index contributed by atoms with van der Waals surface area (Å²) in [5.41, 5.74) is 0.558. The van der Waals surface area contributed by atoms with Crippen LogP contribution in [0.4, 0.5) is 0 Å². The summed E-state index contributed by atoms with van der Waals surface area (Å²) in [6.07, 6.45) is 2.83. The number of methoxy groups -OCH3 is 1. The third-order valence-electron chi connectivity index (χ3n) is 3.16. The molecule has 1 aliphatic rings. The van der Waals surface area contributed by atoms with Crippen molar-refractivity contribution in [1.29, 1.82) is 0 Å². The summed E-state index contributed by atoms with van der Waals surface area (Å²) in [7, 11) is 1.60. The Labute approximate surface area is 107 Å². The van der Waals surface area contributed by atoms with Gasteiger partial charge in [0.2, 0.25) is 0 Å². The van der Waals surface area contributed by atoms with Crippen LogP contribution in [0.2, 0.25) is 0 Å². The monoisotopic (exact) mass is 250 g/mol. The Morgan fingerprint density at radius 1 is 1.39 bits per heavy atom. The van der Waals surface area contributed by atoms with Crippen molar-refractivity contribution in [2.75, 3.05) is 26.9 Å². The number of carbonyl (C=O) groups is 1. The van der Waals surface area contributed by atoms with Gasteiger partial charge < -0.3 is 14.2 Å². The topological polar surface area (TPSA) is 44.8 Å². The number of rotatable bonds is 5. The van der Waals surface area contributed by atoms with E-state index < -0.39 is 0 Å². The molecule has 0 unspecified atom stereocenters. The van der Waals surface area contributed by atoms with Gasteiger partial charge in [0, 0.05) is 19.3 Å². The average molecular weight is 250 g/mol. The zero-order valence-corrected chi connectivity index (χ0v) is 10.6. The Hall–Kier alpha value is -1.55. The highest BCUT2D eigenvalue weighted by Gasteiger charge is 2.15. The molecule has 1 fully saturated rings. The van der Waals surface area contributed by atoms with Crippen molar-refractivity contribution in [3.05, 3.63) is 23.8 Å². The molecule has 0 atom stereocenters. The van der Waals surface area contributed by atoms with E-state index in [1.165, 1.54) is 0 Å². The van der Waals surface area contributed by atoms with Crippen molar-refractivity contribution in [1.82, 2.24) is 0 Å². The number of aldehydes is 1. The molecule has 1 aliphatic heterocycles. The second kappa shape index (κ2) is 6.40. The van der Waals surface area contributed by atoms with Crippen molar-refractivity contribution < 1.29 is 19.0 Å². The fourth-order valence-electron chi connectivity index (χ4n) is 1.98. The van der Waals surface area contributed by atoms with Gasteiger partial charge in [-0.1, -0.05) is 0 Å². The maximum atomic E-state index is 10.9. The minimum absolute atomic E-state index is 0.504. The van der Waals surface area contributed by atoms with Gasteiger partial charge in [0.1, 0.15) is 11.5 Å². The molecule has 1 heterocycles. The third-order valence-corrected chi connectivity index (χ3v) is 3.16. The summed E-state index contributed by atoms with van der Waals surface area (Å²) in [6.45, 7) is 2.22. The predicted octanol–water partition coefficient (Wildman–Crippen LogP) is 2.31. The molecule has 0 radical (unpaired) electrons. The summed E-state index contributed by atoms with van der Waals surface area (Å²) in [5.74, 6) is 1.79. The third kappa shape index (κ3) is 3.23. The zero-order chi connectivity index (χ0) is 12.8. The molecule has 0 aliphatic carbocycles. The standard InChI is InChI=1S/C14H18O4/c1-16-13-3-2-12(9-15)14(8-13)18-10-11-4-6-17-7-5-11/h2-3,8-9,11H,4-7,10H2,1H3. The highest BCUT2D eigenvalue weighted by atomic mass is 16.5. The van der Waals surface area contributed by atoms with Crippen molar-refractivity contribution in [3.63, 3.8) is 0 Å². The lowest BCUT2D eigenvalue weighted by Gasteiger charge is -2.22. The van der Waals surface area contributed by atoms with Crippen molar-refractivity contribution in [3.8, 4) is 11.5 Å². The molecular weight excluding hydrogens is 232 g/mol. The van der Waals surface area contributed by atoms with Gasteiger partial charge in [-0.15, -0.1) is 0 Å². The van der Waals surface area contributed by atoms with Gasteiger partial charge in [-0.2, -0.15) is 0 Å². The fourth-order valence-corrected chi connectivity index (χ4v) is 1.98. The molecule has 0 bridgehead atoms. The maximum absolute atomic E-state index is 10.9. The number of hydrogen-bond acceptors (Lipinski definition) is 4. The number of ether oxygens (including phenoxy) is 3. The minimum atomic E-state index is 0.504. The van der Waals surface area contributed by atoms with Gasteiger partial charge in [-0.05, 0) is 30.9 Å². The van der Waals surface area contributed by atoms with E-state index in [1.807, 2.05) is 0 Å². The largest absolute Gasteiger partial charge is 0.497 e. The van der Waals surface area contributed by atoms with Gasteiger partial charge >= 0.3 is 0 Å². The molecule has 98 valence electrons. The Kier molecular flexibility index (Phi) is 4.59. The van der Waals surface area contributed by atoms with Crippen LogP contribution < -0.4 is 9.47 Å². The molecule has 4 nitrogen and oxygen atoms in total. The summed E-state index contributed by atoms with van der Waals surface area (Å²) in [5, 5.41) is 0.